The van der Waals surface area contributed by atoms with Crippen LogP contribution in [0.25, 0.3) is 27.8 Å². The predicted octanol–water partition coefficient (Wildman–Crippen LogP) is 5.63. The van der Waals surface area contributed by atoms with Crippen molar-refractivity contribution in [3.05, 3.63) is 52.0 Å². The fourth-order valence-electron chi connectivity index (χ4n) is 4.70. The fraction of sp³-hybridized carbons (Fsp3) is 0.440. The molecule has 0 spiro atoms. The van der Waals surface area contributed by atoms with E-state index in [4.69, 9.17) is 14.8 Å². The minimum absolute atomic E-state index is 0.699. The molecule has 0 N–H and O–H groups in total. The molecule has 0 fully saturated rings. The Bertz CT molecular complexity index is 1220. The Morgan fingerprint density at radius 1 is 0.867 bits per heavy atom. The van der Waals surface area contributed by atoms with E-state index < -0.39 is 0 Å². The Hall–Kier alpha value is -2.66. The largest absolute Gasteiger partial charge is 0.380 e. The van der Waals surface area contributed by atoms with Crippen LogP contribution in [0, 0.1) is 41.5 Å². The lowest BCUT2D eigenvalue weighted by atomic mass is 9.94. The Kier molecular flexibility index (Phi) is 5.41. The molecule has 0 amide bonds. The molecule has 4 aromatic rings. The van der Waals surface area contributed by atoms with Gasteiger partial charge in [0.15, 0.2) is 5.65 Å². The maximum Gasteiger partial charge on any atom is 0.165 e. The number of benzene rings is 1. The molecule has 0 unspecified atom stereocenters. The van der Waals surface area contributed by atoms with Gasteiger partial charge in [-0.15, -0.1) is 0 Å². The highest BCUT2D eigenvalue weighted by atomic mass is 16.5. The highest BCUT2D eigenvalue weighted by molar-refractivity contribution is 5.90. The summed E-state index contributed by atoms with van der Waals surface area (Å²) < 4.78 is 10.1. The van der Waals surface area contributed by atoms with E-state index in [-0.39, 0.29) is 0 Å². The second kappa shape index (κ2) is 7.88. The van der Waals surface area contributed by atoms with Crippen LogP contribution < -0.4 is 0 Å². The normalized spacial score (nSPS) is 11.8. The topological polar surface area (TPSA) is 44.3 Å². The molecule has 0 aliphatic rings. The Morgan fingerprint density at radius 3 is 2.23 bits per heavy atom. The van der Waals surface area contributed by atoms with Crippen LogP contribution in [0.2, 0.25) is 0 Å². The number of rotatable bonds is 6. The van der Waals surface area contributed by atoms with Crippen molar-refractivity contribution >= 4 is 16.7 Å². The lowest BCUT2D eigenvalue weighted by molar-refractivity contribution is 0.127. The van der Waals surface area contributed by atoms with Crippen molar-refractivity contribution in [2.24, 2.45) is 0 Å². The summed E-state index contributed by atoms with van der Waals surface area (Å²) in [5, 5.41) is 6.13. The zero-order chi connectivity index (χ0) is 21.6. The lowest BCUT2D eigenvalue weighted by Crippen LogP contribution is -2.10. The maximum atomic E-state index is 5.78. The number of hydrogen-bond acceptors (Lipinski definition) is 3. The van der Waals surface area contributed by atoms with Crippen molar-refractivity contribution in [1.29, 1.82) is 0 Å². The van der Waals surface area contributed by atoms with Crippen LogP contribution in [0.1, 0.15) is 47.1 Å². The molecule has 0 aliphatic heterocycles. The second-order valence-corrected chi connectivity index (χ2v) is 8.45. The van der Waals surface area contributed by atoms with Gasteiger partial charge in [0, 0.05) is 24.2 Å². The molecule has 30 heavy (non-hydrogen) atoms. The molecule has 0 atom stereocenters. The number of aryl methyl sites for hydroxylation is 6. The van der Waals surface area contributed by atoms with E-state index in [9.17, 15) is 0 Å². The molecular weight excluding hydrogens is 372 g/mol. The Balaban J connectivity index is 1.98. The fourth-order valence-corrected chi connectivity index (χ4v) is 4.70. The first-order valence-corrected chi connectivity index (χ1v) is 10.8. The van der Waals surface area contributed by atoms with E-state index in [0.29, 0.717) is 6.61 Å². The van der Waals surface area contributed by atoms with Crippen LogP contribution >= 0.6 is 0 Å². The van der Waals surface area contributed by atoms with Crippen molar-refractivity contribution in [3.8, 4) is 11.1 Å². The minimum atomic E-state index is 0.699. The molecule has 5 heteroatoms. The van der Waals surface area contributed by atoms with Crippen molar-refractivity contribution in [2.75, 3.05) is 13.2 Å². The van der Waals surface area contributed by atoms with Crippen LogP contribution in [-0.2, 0) is 11.3 Å². The molecule has 0 radical (unpaired) electrons. The summed E-state index contributed by atoms with van der Waals surface area (Å²) in [5.74, 6) is 0. The number of hydrogen-bond donors (Lipinski definition) is 0. The molecule has 0 saturated heterocycles. The van der Waals surface area contributed by atoms with Crippen molar-refractivity contribution in [2.45, 2.75) is 61.4 Å². The van der Waals surface area contributed by atoms with Gasteiger partial charge in [-0.2, -0.15) is 9.61 Å². The molecule has 4 rings (SSSR count). The quantitative estimate of drug-likeness (QED) is 0.391. The third kappa shape index (κ3) is 3.31. The standard InChI is InChI=1S/C25H32N4O/c1-8-10-30-11-9-28-18(5)14-21-19(6)26-24-23(20(7)27-29(24)25(21)28)22-16(3)12-15(2)13-17(22)4/h12-14H,8-11H2,1-7H3. The first kappa shape index (κ1) is 20.6. The smallest absolute Gasteiger partial charge is 0.165 e. The first-order valence-electron chi connectivity index (χ1n) is 10.8. The van der Waals surface area contributed by atoms with E-state index in [1.165, 1.54) is 27.9 Å². The van der Waals surface area contributed by atoms with Crippen LogP contribution in [0.5, 0.6) is 0 Å². The van der Waals surface area contributed by atoms with Crippen LogP contribution in [0.4, 0.5) is 0 Å². The summed E-state index contributed by atoms with van der Waals surface area (Å²) in [6.07, 6.45) is 1.04. The maximum absolute atomic E-state index is 5.78. The molecule has 5 nitrogen and oxygen atoms in total. The van der Waals surface area contributed by atoms with Gasteiger partial charge in [-0.25, -0.2) is 4.98 Å². The van der Waals surface area contributed by atoms with E-state index in [1.54, 1.807) is 0 Å². The number of fused-ring (bicyclic) bond motifs is 3. The van der Waals surface area contributed by atoms with Gasteiger partial charge in [-0.1, -0.05) is 24.6 Å². The van der Waals surface area contributed by atoms with Gasteiger partial charge < -0.3 is 9.30 Å². The molecule has 1 aromatic carbocycles. The SMILES string of the molecule is CCCOCCn1c(C)cc2c(C)nc3c(-c4c(C)cc(C)cc4C)c(C)nn3c21. The summed E-state index contributed by atoms with van der Waals surface area (Å²) in [6, 6.07) is 6.71. The van der Waals surface area contributed by atoms with Gasteiger partial charge in [0.2, 0.25) is 0 Å². The average molecular weight is 405 g/mol. The zero-order valence-corrected chi connectivity index (χ0v) is 19.3. The zero-order valence-electron chi connectivity index (χ0n) is 19.3. The van der Waals surface area contributed by atoms with E-state index >= 15 is 0 Å². The van der Waals surface area contributed by atoms with Gasteiger partial charge in [-0.05, 0) is 70.7 Å². The van der Waals surface area contributed by atoms with E-state index in [2.05, 4.69) is 71.2 Å². The second-order valence-electron chi connectivity index (χ2n) is 8.45. The number of ether oxygens (including phenoxy) is 1. The van der Waals surface area contributed by atoms with Crippen LogP contribution in [-0.4, -0.2) is 32.4 Å². The van der Waals surface area contributed by atoms with Gasteiger partial charge >= 0.3 is 0 Å². The molecular formula is C25H32N4O. The Labute approximate surface area is 178 Å². The molecule has 3 heterocycles. The van der Waals surface area contributed by atoms with Crippen LogP contribution in [0.15, 0.2) is 18.2 Å². The third-order valence-corrected chi connectivity index (χ3v) is 5.91. The van der Waals surface area contributed by atoms with Gasteiger partial charge in [-0.3, -0.25) is 0 Å². The summed E-state index contributed by atoms with van der Waals surface area (Å²) in [5.41, 5.74) is 11.5. The molecule has 0 bridgehead atoms. The van der Waals surface area contributed by atoms with Gasteiger partial charge in [0.05, 0.1) is 23.6 Å². The highest BCUT2D eigenvalue weighted by Crippen LogP contribution is 2.35. The van der Waals surface area contributed by atoms with Crippen molar-refractivity contribution in [3.63, 3.8) is 0 Å². The predicted molar refractivity (Wildman–Crippen MR) is 123 cm³/mol. The van der Waals surface area contributed by atoms with Gasteiger partial charge in [0.1, 0.15) is 5.65 Å². The first-order chi connectivity index (χ1) is 14.3. The Morgan fingerprint density at radius 2 is 1.57 bits per heavy atom. The van der Waals surface area contributed by atoms with Crippen molar-refractivity contribution < 1.29 is 4.74 Å². The number of nitrogens with zero attached hydrogens (tertiary/aromatic N) is 4. The minimum Gasteiger partial charge on any atom is -0.380 e. The van der Waals surface area contributed by atoms with Gasteiger partial charge in [0.25, 0.3) is 0 Å². The summed E-state index contributed by atoms with van der Waals surface area (Å²) in [7, 11) is 0. The highest BCUT2D eigenvalue weighted by Gasteiger charge is 2.21. The third-order valence-electron chi connectivity index (χ3n) is 5.91. The molecule has 3 aromatic heterocycles. The van der Waals surface area contributed by atoms with E-state index in [0.717, 1.165) is 53.2 Å². The average Bonchev–Trinajstić information content (AvgIpc) is 3.16. The lowest BCUT2D eigenvalue weighted by Gasteiger charge is -2.12. The van der Waals surface area contributed by atoms with E-state index in [1.807, 2.05) is 4.52 Å². The molecule has 0 aliphatic carbocycles. The monoisotopic (exact) mass is 404 g/mol. The van der Waals surface area contributed by atoms with Crippen molar-refractivity contribution in [1.82, 2.24) is 19.2 Å². The summed E-state index contributed by atoms with van der Waals surface area (Å²) in [4.78, 5) is 5.03. The molecule has 0 saturated carbocycles. The number of aromatic nitrogens is 4. The summed E-state index contributed by atoms with van der Waals surface area (Å²) >= 11 is 0. The molecule has 158 valence electrons. The van der Waals surface area contributed by atoms with Crippen LogP contribution in [0.3, 0.4) is 0 Å². The summed E-state index contributed by atoms with van der Waals surface area (Å²) in [6.45, 7) is 17.3.